The van der Waals surface area contributed by atoms with Crippen molar-refractivity contribution in [2.24, 2.45) is 0 Å². The van der Waals surface area contributed by atoms with Crippen LogP contribution in [0.15, 0.2) is 42.5 Å². The Hall–Kier alpha value is -1.74. The van der Waals surface area contributed by atoms with Gasteiger partial charge in [-0.25, -0.2) is 4.79 Å². The molecule has 0 aliphatic carbocycles. The van der Waals surface area contributed by atoms with Crippen LogP contribution >= 0.6 is 0 Å². The summed E-state index contributed by atoms with van der Waals surface area (Å²) in [6.07, 6.45) is 0. The predicted molar refractivity (Wildman–Crippen MR) is 112 cm³/mol. The molecule has 4 rings (SSSR count). The van der Waals surface area contributed by atoms with Crippen molar-refractivity contribution in [2.75, 3.05) is 13.2 Å². The van der Waals surface area contributed by atoms with Gasteiger partial charge in [-0.3, -0.25) is 0 Å². The van der Waals surface area contributed by atoms with E-state index in [1.807, 2.05) is 12.1 Å². The number of ether oxygens (including phenoxy) is 2. The highest BCUT2D eigenvalue weighted by atomic mass is 28.4. The molecule has 0 unspecified atom stereocenters. The third-order valence-electron chi connectivity index (χ3n) is 5.95. The van der Waals surface area contributed by atoms with E-state index in [4.69, 9.17) is 9.47 Å². The summed E-state index contributed by atoms with van der Waals surface area (Å²) in [5.41, 5.74) is 3.51. The Balaban J connectivity index is 1.83. The molecule has 4 nitrogen and oxygen atoms in total. The third-order valence-corrected chi connectivity index (χ3v) is 17.0. The fourth-order valence-corrected chi connectivity index (χ4v) is 20.0. The fourth-order valence-electron chi connectivity index (χ4n) is 4.94. The Morgan fingerprint density at radius 2 is 1.44 bits per heavy atom. The van der Waals surface area contributed by atoms with Crippen LogP contribution in [0.25, 0.3) is 0 Å². The van der Waals surface area contributed by atoms with Gasteiger partial charge in [0.15, 0.2) is 0 Å². The maximum atomic E-state index is 11.2. The molecule has 2 aliphatic heterocycles. The first-order valence-corrected chi connectivity index (χ1v) is 15.8. The van der Waals surface area contributed by atoms with Gasteiger partial charge in [0.25, 0.3) is 0 Å². The van der Waals surface area contributed by atoms with Crippen LogP contribution < -0.4 is 10.4 Å². The van der Waals surface area contributed by atoms with Crippen molar-refractivity contribution >= 4 is 32.5 Å². The van der Waals surface area contributed by atoms with Crippen molar-refractivity contribution in [3.63, 3.8) is 0 Å². The van der Waals surface area contributed by atoms with Gasteiger partial charge >= 0.3 is 5.97 Å². The number of hydrogen-bond donors (Lipinski definition) is 1. The van der Waals surface area contributed by atoms with Crippen molar-refractivity contribution in [3.8, 4) is 0 Å². The first-order chi connectivity index (χ1) is 12.7. The van der Waals surface area contributed by atoms with Crippen molar-refractivity contribution in [1.82, 2.24) is 0 Å². The lowest BCUT2D eigenvalue weighted by molar-refractivity contribution is -0.129. The summed E-state index contributed by atoms with van der Waals surface area (Å²) in [6.45, 7) is 10.9. The lowest BCUT2D eigenvalue weighted by atomic mass is 9.96. The maximum Gasteiger partial charge on any atom is 0.335 e. The topological polar surface area (TPSA) is 55.8 Å². The molecule has 0 amide bonds. The number of aromatic carboxylic acids is 1. The van der Waals surface area contributed by atoms with E-state index in [2.05, 4.69) is 44.4 Å². The van der Waals surface area contributed by atoms with E-state index in [0.29, 0.717) is 13.2 Å². The van der Waals surface area contributed by atoms with Crippen molar-refractivity contribution in [1.29, 1.82) is 0 Å². The van der Waals surface area contributed by atoms with Gasteiger partial charge in [0.1, 0.15) is 0 Å². The van der Waals surface area contributed by atoms with Gasteiger partial charge in [-0.1, -0.05) is 72.6 Å². The average Bonchev–Trinajstić information content (AvgIpc) is 3.17. The number of carbonyl (C=O) groups is 1. The average molecular weight is 399 g/mol. The maximum absolute atomic E-state index is 11.2. The zero-order valence-corrected chi connectivity index (χ0v) is 18.3. The SMILES string of the molecule is C[Si]1(C)C[Si](C)(C)c2cc(C3(c4ccc(C(=O)O)cc4)OCCO3)ccc21. The van der Waals surface area contributed by atoms with E-state index in [1.54, 1.807) is 17.3 Å². The van der Waals surface area contributed by atoms with Gasteiger partial charge in [0, 0.05) is 11.1 Å². The molecule has 0 spiro atoms. The Morgan fingerprint density at radius 1 is 0.889 bits per heavy atom. The highest BCUT2D eigenvalue weighted by molar-refractivity contribution is 7.14. The van der Waals surface area contributed by atoms with E-state index in [-0.39, 0.29) is 5.56 Å². The van der Waals surface area contributed by atoms with Gasteiger partial charge < -0.3 is 14.6 Å². The van der Waals surface area contributed by atoms with Gasteiger partial charge in [-0.15, -0.1) is 0 Å². The summed E-state index contributed by atoms with van der Waals surface area (Å²) >= 11 is 0. The fraction of sp³-hybridized carbons (Fsp3) is 0.381. The molecule has 142 valence electrons. The van der Waals surface area contributed by atoms with Crippen LogP contribution in [0.5, 0.6) is 0 Å². The van der Waals surface area contributed by atoms with E-state index in [0.717, 1.165) is 11.1 Å². The molecular formula is C21H26O4Si2. The molecule has 0 atom stereocenters. The zero-order chi connectivity index (χ0) is 19.4. The van der Waals surface area contributed by atoms with Crippen LogP contribution in [-0.4, -0.2) is 40.4 Å². The monoisotopic (exact) mass is 398 g/mol. The Morgan fingerprint density at radius 3 is 2.04 bits per heavy atom. The van der Waals surface area contributed by atoms with E-state index in [9.17, 15) is 9.90 Å². The van der Waals surface area contributed by atoms with Gasteiger partial charge in [0.05, 0.1) is 34.9 Å². The summed E-state index contributed by atoms with van der Waals surface area (Å²) < 4.78 is 12.3. The van der Waals surface area contributed by atoms with Crippen molar-refractivity contribution in [2.45, 2.75) is 37.6 Å². The number of rotatable bonds is 3. The molecule has 0 radical (unpaired) electrons. The third kappa shape index (κ3) is 2.91. The second kappa shape index (κ2) is 6.14. The van der Waals surface area contributed by atoms with Gasteiger partial charge in [0.2, 0.25) is 5.79 Å². The van der Waals surface area contributed by atoms with Gasteiger partial charge in [-0.05, 0) is 12.1 Å². The molecule has 1 saturated heterocycles. The van der Waals surface area contributed by atoms with Crippen LogP contribution in [0.1, 0.15) is 21.5 Å². The largest absolute Gasteiger partial charge is 0.478 e. The molecule has 27 heavy (non-hydrogen) atoms. The van der Waals surface area contributed by atoms with Crippen LogP contribution in [0.4, 0.5) is 0 Å². The summed E-state index contributed by atoms with van der Waals surface area (Å²) in [5.74, 6) is -1.87. The minimum absolute atomic E-state index is 0.266. The molecule has 0 bridgehead atoms. The summed E-state index contributed by atoms with van der Waals surface area (Å²) in [4.78, 5) is 11.2. The molecule has 1 N–H and O–H groups in total. The number of carboxylic acids is 1. The zero-order valence-electron chi connectivity index (χ0n) is 16.3. The summed E-state index contributed by atoms with van der Waals surface area (Å²) in [7, 11) is -2.83. The van der Waals surface area contributed by atoms with Crippen molar-refractivity contribution in [3.05, 3.63) is 59.2 Å². The van der Waals surface area contributed by atoms with Crippen LogP contribution in [0, 0.1) is 0 Å². The highest BCUT2D eigenvalue weighted by Crippen LogP contribution is 2.39. The summed E-state index contributed by atoms with van der Waals surface area (Å²) in [6, 6.07) is 13.6. The predicted octanol–water partition coefficient (Wildman–Crippen LogP) is 3.02. The molecular weight excluding hydrogens is 372 g/mol. The van der Waals surface area contributed by atoms with Crippen LogP contribution in [-0.2, 0) is 15.3 Å². The number of carboxylic acid groups (broad SMARTS) is 1. The Kier molecular flexibility index (Phi) is 4.23. The van der Waals surface area contributed by atoms with Crippen LogP contribution in [0.2, 0.25) is 31.9 Å². The lowest BCUT2D eigenvalue weighted by Crippen LogP contribution is -2.45. The second-order valence-corrected chi connectivity index (χ2v) is 18.9. The molecule has 2 aromatic carbocycles. The standard InChI is InChI=1S/C21H26O4Si2/c1-26(2)14-27(3,4)19-13-17(9-10-18(19)26)21(24-11-12-25-21)16-7-5-15(6-8-16)20(22)23/h5-10,13H,11-12,14H2,1-4H3,(H,22,23). The molecule has 6 heteroatoms. The smallest absolute Gasteiger partial charge is 0.335 e. The summed E-state index contributed by atoms with van der Waals surface area (Å²) in [5, 5.41) is 12.3. The van der Waals surface area contributed by atoms with E-state index >= 15 is 0 Å². The second-order valence-electron chi connectivity index (χ2n) is 8.90. The lowest BCUT2D eigenvalue weighted by Gasteiger charge is -2.30. The molecule has 0 aromatic heterocycles. The molecule has 2 aliphatic rings. The molecule has 1 fully saturated rings. The molecule has 2 aromatic rings. The molecule has 0 saturated carbocycles. The number of benzene rings is 2. The minimum atomic E-state index is -1.46. The van der Waals surface area contributed by atoms with Crippen LogP contribution in [0.3, 0.4) is 0 Å². The van der Waals surface area contributed by atoms with Crippen molar-refractivity contribution < 1.29 is 19.4 Å². The number of hydrogen-bond acceptors (Lipinski definition) is 3. The van der Waals surface area contributed by atoms with E-state index in [1.165, 1.54) is 10.9 Å². The first-order valence-electron chi connectivity index (χ1n) is 9.43. The quantitative estimate of drug-likeness (QED) is 0.808. The Bertz CT molecular complexity index is 897. The molecule has 2 heterocycles. The van der Waals surface area contributed by atoms with Gasteiger partial charge in [-0.2, -0.15) is 0 Å². The minimum Gasteiger partial charge on any atom is -0.478 e. The Labute approximate surface area is 162 Å². The number of fused-ring (bicyclic) bond motifs is 1. The van der Waals surface area contributed by atoms with E-state index < -0.39 is 27.9 Å². The normalized spacial score (nSPS) is 21.8. The first kappa shape index (κ1) is 18.6. The highest BCUT2D eigenvalue weighted by Gasteiger charge is 2.47.